The molecular formula is C22H16N4. The van der Waals surface area contributed by atoms with Gasteiger partial charge in [0.15, 0.2) is 5.82 Å². The molecule has 0 atom stereocenters. The SMILES string of the molecule is c1ccc(-c2cccc3[nH]c(-c4ncc[nH]4)c(-c4ccccn4)c23)cc1. The van der Waals surface area contributed by atoms with Crippen molar-refractivity contribution in [1.82, 2.24) is 19.9 Å². The number of hydrogen-bond donors (Lipinski definition) is 2. The molecule has 124 valence electrons. The molecule has 26 heavy (non-hydrogen) atoms. The van der Waals surface area contributed by atoms with Gasteiger partial charge in [-0.05, 0) is 29.3 Å². The predicted octanol–water partition coefficient (Wildman–Crippen LogP) is 5.29. The van der Waals surface area contributed by atoms with E-state index in [9.17, 15) is 0 Å². The minimum atomic E-state index is 0.806. The third kappa shape index (κ3) is 2.31. The normalized spacial score (nSPS) is 11.1. The van der Waals surface area contributed by atoms with Gasteiger partial charge in [0.05, 0.1) is 11.4 Å². The molecule has 2 aromatic carbocycles. The molecular weight excluding hydrogens is 320 g/mol. The van der Waals surface area contributed by atoms with E-state index in [0.29, 0.717) is 0 Å². The van der Waals surface area contributed by atoms with Gasteiger partial charge in [-0.1, -0.05) is 48.5 Å². The Hall–Kier alpha value is -3.66. The van der Waals surface area contributed by atoms with Crippen molar-refractivity contribution in [3.8, 4) is 33.9 Å². The molecule has 0 aliphatic rings. The lowest BCUT2D eigenvalue weighted by Gasteiger charge is -2.07. The van der Waals surface area contributed by atoms with Gasteiger partial charge in [0, 0.05) is 35.1 Å². The molecule has 0 spiro atoms. The van der Waals surface area contributed by atoms with Crippen LogP contribution < -0.4 is 0 Å². The van der Waals surface area contributed by atoms with Gasteiger partial charge in [-0.15, -0.1) is 0 Å². The molecule has 4 heteroatoms. The van der Waals surface area contributed by atoms with Crippen molar-refractivity contribution in [1.29, 1.82) is 0 Å². The zero-order valence-corrected chi connectivity index (χ0v) is 14.0. The second kappa shape index (κ2) is 6.01. The van der Waals surface area contributed by atoms with Crippen molar-refractivity contribution in [3.05, 3.63) is 85.3 Å². The van der Waals surface area contributed by atoms with Crippen LogP contribution in [-0.4, -0.2) is 19.9 Å². The number of nitrogens with one attached hydrogen (secondary N) is 2. The Balaban J connectivity index is 1.90. The highest BCUT2D eigenvalue weighted by molar-refractivity contribution is 6.09. The molecule has 0 saturated heterocycles. The van der Waals surface area contributed by atoms with E-state index in [-0.39, 0.29) is 0 Å². The first-order valence-corrected chi connectivity index (χ1v) is 8.53. The second-order valence-electron chi connectivity index (χ2n) is 6.12. The quantitative estimate of drug-likeness (QED) is 0.470. The monoisotopic (exact) mass is 336 g/mol. The van der Waals surface area contributed by atoms with Crippen molar-refractivity contribution < 1.29 is 0 Å². The lowest BCUT2D eigenvalue weighted by Crippen LogP contribution is -1.88. The fourth-order valence-corrected chi connectivity index (χ4v) is 3.45. The van der Waals surface area contributed by atoms with Crippen LogP contribution in [0.25, 0.3) is 44.8 Å². The van der Waals surface area contributed by atoms with Gasteiger partial charge in [-0.2, -0.15) is 0 Å². The number of imidazole rings is 1. The Morgan fingerprint density at radius 2 is 1.62 bits per heavy atom. The van der Waals surface area contributed by atoms with E-state index in [1.54, 1.807) is 6.20 Å². The summed E-state index contributed by atoms with van der Waals surface area (Å²) in [4.78, 5) is 15.8. The van der Waals surface area contributed by atoms with Gasteiger partial charge < -0.3 is 9.97 Å². The number of pyridine rings is 1. The molecule has 3 aromatic heterocycles. The van der Waals surface area contributed by atoms with Crippen LogP contribution in [0.5, 0.6) is 0 Å². The van der Waals surface area contributed by atoms with E-state index in [1.807, 2.05) is 36.7 Å². The Morgan fingerprint density at radius 1 is 0.731 bits per heavy atom. The fourth-order valence-electron chi connectivity index (χ4n) is 3.45. The van der Waals surface area contributed by atoms with E-state index in [2.05, 4.69) is 62.4 Å². The molecule has 0 aliphatic carbocycles. The summed E-state index contributed by atoms with van der Waals surface area (Å²) in [5.74, 6) is 0.806. The summed E-state index contributed by atoms with van der Waals surface area (Å²) in [6, 6.07) is 22.8. The summed E-state index contributed by atoms with van der Waals surface area (Å²) in [7, 11) is 0. The van der Waals surface area contributed by atoms with E-state index >= 15 is 0 Å². The highest BCUT2D eigenvalue weighted by Gasteiger charge is 2.20. The first kappa shape index (κ1) is 14.7. The number of aromatic amines is 2. The molecule has 0 amide bonds. The summed E-state index contributed by atoms with van der Waals surface area (Å²) >= 11 is 0. The van der Waals surface area contributed by atoms with Gasteiger partial charge in [-0.25, -0.2) is 4.98 Å². The highest BCUT2D eigenvalue weighted by Crippen LogP contribution is 2.41. The lowest BCUT2D eigenvalue weighted by atomic mass is 9.96. The fraction of sp³-hybridized carbons (Fsp3) is 0. The average molecular weight is 336 g/mol. The molecule has 0 fully saturated rings. The summed E-state index contributed by atoms with van der Waals surface area (Å²) in [5, 5.41) is 1.16. The molecule has 0 radical (unpaired) electrons. The Bertz CT molecular complexity index is 1160. The van der Waals surface area contributed by atoms with E-state index in [0.717, 1.165) is 33.7 Å². The van der Waals surface area contributed by atoms with Crippen LogP contribution >= 0.6 is 0 Å². The van der Waals surface area contributed by atoms with Crippen molar-refractivity contribution in [3.63, 3.8) is 0 Å². The van der Waals surface area contributed by atoms with E-state index < -0.39 is 0 Å². The number of nitrogens with zero attached hydrogens (tertiary/aromatic N) is 2. The smallest absolute Gasteiger partial charge is 0.154 e. The van der Waals surface area contributed by atoms with Crippen molar-refractivity contribution in [2.45, 2.75) is 0 Å². The van der Waals surface area contributed by atoms with Crippen LogP contribution in [0.4, 0.5) is 0 Å². The third-order valence-corrected chi connectivity index (χ3v) is 4.56. The third-order valence-electron chi connectivity index (χ3n) is 4.56. The Morgan fingerprint density at radius 3 is 2.38 bits per heavy atom. The Labute approximate surface area is 150 Å². The van der Waals surface area contributed by atoms with Crippen LogP contribution in [0.2, 0.25) is 0 Å². The first-order valence-electron chi connectivity index (χ1n) is 8.53. The zero-order chi connectivity index (χ0) is 17.3. The number of aromatic nitrogens is 4. The predicted molar refractivity (Wildman–Crippen MR) is 105 cm³/mol. The van der Waals surface area contributed by atoms with Crippen LogP contribution in [-0.2, 0) is 0 Å². The number of hydrogen-bond acceptors (Lipinski definition) is 2. The molecule has 0 bridgehead atoms. The van der Waals surface area contributed by atoms with Gasteiger partial charge in [0.1, 0.15) is 0 Å². The standard InChI is InChI=1S/C22H16N4/c1-2-7-15(8-3-1)16-9-6-11-18-19(16)20(17-10-4-5-12-23-17)21(26-18)22-24-13-14-25-22/h1-14,26H,(H,24,25). The molecule has 0 saturated carbocycles. The minimum absolute atomic E-state index is 0.806. The molecule has 0 aliphatic heterocycles. The van der Waals surface area contributed by atoms with Crippen LogP contribution in [0, 0.1) is 0 Å². The molecule has 5 rings (SSSR count). The summed E-state index contributed by atoms with van der Waals surface area (Å²) in [6.45, 7) is 0. The minimum Gasteiger partial charge on any atom is -0.351 e. The molecule has 4 nitrogen and oxygen atoms in total. The van der Waals surface area contributed by atoms with Crippen molar-refractivity contribution in [2.24, 2.45) is 0 Å². The maximum absolute atomic E-state index is 4.61. The molecule has 5 aromatic rings. The number of H-pyrrole nitrogens is 2. The number of fused-ring (bicyclic) bond motifs is 1. The van der Waals surface area contributed by atoms with Gasteiger partial charge in [0.25, 0.3) is 0 Å². The largest absolute Gasteiger partial charge is 0.351 e. The van der Waals surface area contributed by atoms with E-state index in [1.165, 1.54) is 11.1 Å². The summed E-state index contributed by atoms with van der Waals surface area (Å²) in [5.41, 5.74) is 6.37. The van der Waals surface area contributed by atoms with Crippen LogP contribution in [0.3, 0.4) is 0 Å². The molecule has 3 heterocycles. The zero-order valence-electron chi connectivity index (χ0n) is 14.0. The maximum Gasteiger partial charge on any atom is 0.154 e. The van der Waals surface area contributed by atoms with E-state index in [4.69, 9.17) is 0 Å². The summed E-state index contributed by atoms with van der Waals surface area (Å²) in [6.07, 6.45) is 5.42. The van der Waals surface area contributed by atoms with Gasteiger partial charge in [0.2, 0.25) is 0 Å². The van der Waals surface area contributed by atoms with Gasteiger partial charge in [-0.3, -0.25) is 4.98 Å². The second-order valence-corrected chi connectivity index (χ2v) is 6.12. The lowest BCUT2D eigenvalue weighted by molar-refractivity contribution is 1.26. The average Bonchev–Trinajstić information content (AvgIpc) is 3.36. The number of rotatable bonds is 3. The van der Waals surface area contributed by atoms with Gasteiger partial charge >= 0.3 is 0 Å². The van der Waals surface area contributed by atoms with Crippen LogP contribution in [0.1, 0.15) is 0 Å². The highest BCUT2D eigenvalue weighted by atomic mass is 14.9. The summed E-state index contributed by atoms with van der Waals surface area (Å²) < 4.78 is 0. The Kier molecular flexibility index (Phi) is 3.39. The van der Waals surface area contributed by atoms with Crippen molar-refractivity contribution >= 4 is 10.9 Å². The molecule has 0 unspecified atom stereocenters. The van der Waals surface area contributed by atoms with Crippen molar-refractivity contribution in [2.75, 3.05) is 0 Å². The first-order chi connectivity index (χ1) is 12.9. The topological polar surface area (TPSA) is 57.4 Å². The maximum atomic E-state index is 4.61. The number of benzene rings is 2. The molecule has 2 N–H and O–H groups in total. The van der Waals surface area contributed by atoms with Crippen LogP contribution in [0.15, 0.2) is 85.3 Å².